The van der Waals surface area contributed by atoms with Gasteiger partial charge in [0, 0.05) is 24.4 Å². The lowest BCUT2D eigenvalue weighted by Crippen LogP contribution is -2.26. The number of ether oxygens (including phenoxy) is 1. The average molecular weight is 434 g/mol. The Labute approximate surface area is 176 Å². The molecule has 0 unspecified atom stereocenters. The van der Waals surface area contributed by atoms with Crippen molar-refractivity contribution < 1.29 is 14.3 Å². The zero-order chi connectivity index (χ0) is 21.1. The first-order chi connectivity index (χ1) is 13.8. The van der Waals surface area contributed by atoms with Gasteiger partial charge in [0.15, 0.2) is 0 Å². The molecule has 0 aliphatic rings. The number of hydrogen-bond donors (Lipinski definition) is 1. The van der Waals surface area contributed by atoms with Crippen molar-refractivity contribution in [3.8, 4) is 0 Å². The molecule has 0 atom stereocenters. The fourth-order valence-electron chi connectivity index (χ4n) is 3.13. The summed E-state index contributed by atoms with van der Waals surface area (Å²) in [6.07, 6.45) is 1.03. The van der Waals surface area contributed by atoms with E-state index in [4.69, 9.17) is 17.3 Å². The van der Waals surface area contributed by atoms with Gasteiger partial charge in [-0.2, -0.15) is 0 Å². The molecule has 0 radical (unpaired) electrons. The lowest BCUT2D eigenvalue weighted by molar-refractivity contribution is -0.140. The van der Waals surface area contributed by atoms with E-state index >= 15 is 0 Å². The number of carbonyl (C=O) groups is 2. The van der Waals surface area contributed by atoms with Crippen molar-refractivity contribution in [3.63, 3.8) is 0 Å². The number of aryl methyl sites for hydroxylation is 1. The Morgan fingerprint density at radius 1 is 1.28 bits per heavy atom. The van der Waals surface area contributed by atoms with E-state index in [1.54, 1.807) is 23.6 Å². The maximum Gasteiger partial charge on any atom is 0.305 e. The number of primary amides is 1. The largest absolute Gasteiger partial charge is 0.469 e. The first-order valence-electron chi connectivity index (χ1n) is 8.95. The highest BCUT2D eigenvalue weighted by Crippen LogP contribution is 2.27. The van der Waals surface area contributed by atoms with E-state index in [0.29, 0.717) is 50.9 Å². The molecule has 3 rings (SSSR count). The van der Waals surface area contributed by atoms with Gasteiger partial charge in [-0.05, 0) is 36.6 Å². The van der Waals surface area contributed by atoms with Crippen molar-refractivity contribution in [2.45, 2.75) is 32.7 Å². The summed E-state index contributed by atoms with van der Waals surface area (Å²) in [7, 11) is 1.33. The van der Waals surface area contributed by atoms with Gasteiger partial charge in [0.05, 0.1) is 17.4 Å². The molecule has 0 saturated carbocycles. The molecule has 1 amide bonds. The number of nitrogens with two attached hydrogens (primary N) is 1. The number of rotatable bonds is 7. The van der Waals surface area contributed by atoms with Gasteiger partial charge in [-0.3, -0.25) is 19.0 Å². The maximum atomic E-state index is 13.2. The molecule has 2 N–H and O–H groups in total. The van der Waals surface area contributed by atoms with Crippen LogP contribution in [0.25, 0.3) is 10.2 Å². The van der Waals surface area contributed by atoms with E-state index in [1.165, 1.54) is 7.11 Å². The molecule has 152 valence electrons. The van der Waals surface area contributed by atoms with Gasteiger partial charge >= 0.3 is 5.97 Å². The highest BCUT2D eigenvalue weighted by atomic mass is 35.5. The first-order valence-corrected chi connectivity index (χ1v) is 10.1. The second-order valence-electron chi connectivity index (χ2n) is 6.57. The molecule has 0 bridgehead atoms. The summed E-state index contributed by atoms with van der Waals surface area (Å²) in [6, 6.07) is 7.28. The van der Waals surface area contributed by atoms with Gasteiger partial charge in [0.1, 0.15) is 10.7 Å². The minimum Gasteiger partial charge on any atom is -0.469 e. The number of esters is 1. The highest BCUT2D eigenvalue weighted by molar-refractivity contribution is 7.20. The van der Waals surface area contributed by atoms with Crippen LogP contribution in [0, 0.1) is 6.92 Å². The summed E-state index contributed by atoms with van der Waals surface area (Å²) in [5.74, 6) is -0.373. The minimum absolute atomic E-state index is 0.191. The standard InChI is InChI=1S/C20H20ClN3O4S/c1-11-16-19(29-17(11)18(22)26)23-14(10-12-5-7-13(21)8-6-12)24(20(16)27)9-3-4-15(25)28-2/h5-8H,3-4,9-10H2,1-2H3,(H2,22,26). The van der Waals surface area contributed by atoms with Crippen molar-refractivity contribution in [1.82, 2.24) is 9.55 Å². The predicted molar refractivity (Wildman–Crippen MR) is 113 cm³/mol. The number of hydrogen-bond acceptors (Lipinski definition) is 6. The van der Waals surface area contributed by atoms with Crippen LogP contribution in [-0.2, 0) is 22.5 Å². The molecule has 2 aromatic heterocycles. The Bertz CT molecular complexity index is 1140. The van der Waals surface area contributed by atoms with Crippen molar-refractivity contribution in [3.05, 3.63) is 61.5 Å². The molecule has 0 aliphatic carbocycles. The molecule has 9 heteroatoms. The van der Waals surface area contributed by atoms with Crippen molar-refractivity contribution >= 4 is 45.0 Å². The Hall–Kier alpha value is -2.71. The van der Waals surface area contributed by atoms with Crippen LogP contribution in [-0.4, -0.2) is 28.5 Å². The minimum atomic E-state index is -0.582. The summed E-state index contributed by atoms with van der Waals surface area (Å²) in [4.78, 5) is 41.9. The van der Waals surface area contributed by atoms with Crippen LogP contribution in [0.4, 0.5) is 0 Å². The molecule has 0 aliphatic heterocycles. The van der Waals surface area contributed by atoms with Crippen molar-refractivity contribution in [2.75, 3.05) is 7.11 Å². The molecule has 29 heavy (non-hydrogen) atoms. The zero-order valence-electron chi connectivity index (χ0n) is 16.0. The molecule has 0 spiro atoms. The lowest BCUT2D eigenvalue weighted by atomic mass is 10.1. The predicted octanol–water partition coefficient (Wildman–Crippen LogP) is 3.06. The summed E-state index contributed by atoms with van der Waals surface area (Å²) < 4.78 is 6.23. The fourth-order valence-corrected chi connectivity index (χ4v) is 4.30. The molecule has 3 aromatic rings. The molecule has 7 nitrogen and oxygen atoms in total. The van der Waals surface area contributed by atoms with Crippen molar-refractivity contribution in [2.24, 2.45) is 5.73 Å². The van der Waals surface area contributed by atoms with Gasteiger partial charge in [-0.25, -0.2) is 4.98 Å². The Morgan fingerprint density at radius 3 is 2.59 bits per heavy atom. The summed E-state index contributed by atoms with van der Waals surface area (Å²) in [6.45, 7) is 2.00. The van der Waals surface area contributed by atoms with Gasteiger partial charge < -0.3 is 10.5 Å². The Kier molecular flexibility index (Phi) is 6.34. The van der Waals surface area contributed by atoms with E-state index < -0.39 is 5.91 Å². The maximum absolute atomic E-state index is 13.2. The van der Waals surface area contributed by atoms with Gasteiger partial charge in [0.25, 0.3) is 11.5 Å². The van der Waals surface area contributed by atoms with Gasteiger partial charge in [0.2, 0.25) is 0 Å². The number of thiophene rings is 1. The molecule has 0 fully saturated rings. The highest BCUT2D eigenvalue weighted by Gasteiger charge is 2.20. The SMILES string of the molecule is COC(=O)CCCn1c(Cc2ccc(Cl)cc2)nc2sc(C(N)=O)c(C)c2c1=O. The van der Waals surface area contributed by atoms with E-state index in [0.717, 1.165) is 16.9 Å². The smallest absolute Gasteiger partial charge is 0.305 e. The number of fused-ring (bicyclic) bond motifs is 1. The average Bonchev–Trinajstić information content (AvgIpc) is 3.02. The number of amides is 1. The topological polar surface area (TPSA) is 104 Å². The molecular formula is C20H20ClN3O4S. The fraction of sp³-hybridized carbons (Fsp3) is 0.300. The molecular weight excluding hydrogens is 414 g/mol. The molecule has 0 saturated heterocycles. The normalized spacial score (nSPS) is 11.0. The molecule has 1 aromatic carbocycles. The third-order valence-corrected chi connectivity index (χ3v) is 6.07. The number of aromatic nitrogens is 2. The van der Waals surface area contributed by atoms with E-state index in [1.807, 2.05) is 12.1 Å². The van der Waals surface area contributed by atoms with Crippen LogP contribution in [0.3, 0.4) is 0 Å². The second kappa shape index (κ2) is 8.75. The Balaban J connectivity index is 2.08. The third kappa shape index (κ3) is 4.49. The number of nitrogens with zero attached hydrogens (tertiary/aromatic N) is 2. The van der Waals surface area contributed by atoms with Crippen LogP contribution >= 0.6 is 22.9 Å². The van der Waals surface area contributed by atoms with Crippen LogP contribution < -0.4 is 11.3 Å². The number of halogens is 1. The monoisotopic (exact) mass is 433 g/mol. The number of carbonyl (C=O) groups excluding carboxylic acids is 2. The van der Waals surface area contributed by atoms with E-state index in [2.05, 4.69) is 9.72 Å². The van der Waals surface area contributed by atoms with Gasteiger partial charge in [-0.15, -0.1) is 11.3 Å². The van der Waals surface area contributed by atoms with E-state index in [-0.39, 0.29) is 17.9 Å². The summed E-state index contributed by atoms with van der Waals surface area (Å²) in [5.41, 5.74) is 6.67. The molecule has 2 heterocycles. The quantitative estimate of drug-likeness (QED) is 0.576. The van der Waals surface area contributed by atoms with Crippen LogP contribution in [0.1, 0.15) is 39.5 Å². The number of methoxy groups -OCH3 is 1. The van der Waals surface area contributed by atoms with Crippen LogP contribution in [0.5, 0.6) is 0 Å². The number of benzene rings is 1. The first kappa shape index (κ1) is 21.0. The van der Waals surface area contributed by atoms with E-state index in [9.17, 15) is 14.4 Å². The summed E-state index contributed by atoms with van der Waals surface area (Å²) >= 11 is 7.07. The van der Waals surface area contributed by atoms with Crippen LogP contribution in [0.15, 0.2) is 29.1 Å². The summed E-state index contributed by atoms with van der Waals surface area (Å²) in [5, 5.41) is 1.01. The lowest BCUT2D eigenvalue weighted by Gasteiger charge is -2.13. The Morgan fingerprint density at radius 2 is 1.97 bits per heavy atom. The second-order valence-corrected chi connectivity index (χ2v) is 8.00. The van der Waals surface area contributed by atoms with Gasteiger partial charge in [-0.1, -0.05) is 23.7 Å². The third-order valence-electron chi connectivity index (χ3n) is 4.62. The van der Waals surface area contributed by atoms with Crippen LogP contribution in [0.2, 0.25) is 5.02 Å². The zero-order valence-corrected chi connectivity index (χ0v) is 17.6. The van der Waals surface area contributed by atoms with Crippen molar-refractivity contribution in [1.29, 1.82) is 0 Å².